The first kappa shape index (κ1) is 5.60. The van der Waals surface area contributed by atoms with Crippen molar-refractivity contribution in [2.24, 2.45) is 0 Å². The number of hydrogen-bond acceptors (Lipinski definition) is 0. The van der Waals surface area contributed by atoms with Gasteiger partial charge in [0.05, 0.1) is 0 Å². The first-order chi connectivity index (χ1) is 2.41. The van der Waals surface area contributed by atoms with Gasteiger partial charge in [0.15, 0.2) is 0 Å². The first-order valence-corrected chi connectivity index (χ1v) is 2.41. The van der Waals surface area contributed by atoms with Crippen molar-refractivity contribution in [1.82, 2.24) is 0 Å². The van der Waals surface area contributed by atoms with Gasteiger partial charge in [0, 0.05) is 0 Å². The predicted molar refractivity (Wildman–Crippen MR) is 25.5 cm³/mol. The summed E-state index contributed by atoms with van der Waals surface area (Å²) in [6, 6.07) is 0. The Morgan fingerprint density at radius 2 is 2.20 bits per heavy atom. The molecule has 0 radical (unpaired) electrons. The Labute approximate surface area is 43.2 Å². The van der Waals surface area contributed by atoms with Gasteiger partial charge in [-0.3, -0.25) is 0 Å². The van der Waals surface area contributed by atoms with Crippen molar-refractivity contribution in [1.29, 1.82) is 0 Å². The van der Waals surface area contributed by atoms with Gasteiger partial charge in [-0.05, 0) is 0 Å². The summed E-state index contributed by atoms with van der Waals surface area (Å²) in [6.07, 6.45) is 2.73. The number of unbranched alkanes of at least 4 members (excludes halogenated alkanes) is 1. The van der Waals surface area contributed by atoms with E-state index in [9.17, 15) is 0 Å². The molecule has 0 fully saturated rings. The molecule has 0 saturated carbocycles. The van der Waals surface area contributed by atoms with Crippen LogP contribution in [-0.4, -0.2) is 17.7 Å². The van der Waals surface area contributed by atoms with E-state index < -0.39 is 0 Å². The van der Waals surface area contributed by atoms with Crippen LogP contribution in [0, 0.1) is 0 Å². The fourth-order valence-electron chi connectivity index (χ4n) is 0.354. The fraction of sp³-hybridized carbons (Fsp3) is 1.00. The molecule has 0 amide bonds. The Morgan fingerprint density at radius 3 is 2.20 bits per heavy atom. The van der Waals surface area contributed by atoms with E-state index in [1.165, 1.54) is 17.9 Å². The molecular weight excluding hydrogens is 64.0 g/mol. The Kier molecular flexibility index (Phi) is 5.15. The van der Waals surface area contributed by atoms with Crippen molar-refractivity contribution in [3.63, 3.8) is 0 Å². The molecule has 0 rings (SSSR count). The zero-order valence-corrected chi connectivity index (χ0v) is 4.12. The molecule has 5 heavy (non-hydrogen) atoms. The van der Waals surface area contributed by atoms with Crippen LogP contribution in [0.2, 0.25) is 5.09 Å². The van der Waals surface area contributed by atoms with Crippen molar-refractivity contribution in [2.75, 3.05) is 0 Å². The molecule has 0 heterocycles. The van der Waals surface area contributed by atoms with Crippen LogP contribution in [0.15, 0.2) is 0 Å². The monoisotopic (exact) mass is 73.1 g/mol. The van der Waals surface area contributed by atoms with Crippen LogP contribution in [0.5, 0.6) is 0 Å². The average Bonchev–Trinajstić information content (AvgIpc) is 1.41. The summed E-state index contributed by atoms with van der Waals surface area (Å²) in [6.45, 7) is 2.21. The molecule has 0 aliphatic carbocycles. The second kappa shape index (κ2) is 4.60. The molecule has 0 aliphatic rings. The third-order valence-electron chi connectivity index (χ3n) is 0.707. The predicted octanol–water partition coefficient (Wildman–Crippen LogP) is 1.37. The number of hydrogen-bond donors (Lipinski definition) is 0. The summed E-state index contributed by atoms with van der Waals surface area (Å²) in [7, 11) is 0. The molecule has 0 aromatic carbocycles. The van der Waals surface area contributed by atoms with Crippen molar-refractivity contribution in [3.8, 4) is 0 Å². The minimum absolute atomic E-state index is 1.34. The van der Waals surface area contributed by atoms with Gasteiger partial charge in [0.2, 0.25) is 0 Å². The average molecular weight is 73.1 g/mol. The van der Waals surface area contributed by atoms with Crippen LogP contribution in [0.3, 0.4) is 0 Å². The quantitative estimate of drug-likeness (QED) is 0.433. The fourth-order valence-corrected chi connectivity index (χ4v) is 0.354. The molecule has 0 aromatic heterocycles. The number of rotatable bonds is 2. The van der Waals surface area contributed by atoms with Crippen LogP contribution in [0.4, 0.5) is 0 Å². The van der Waals surface area contributed by atoms with Crippen LogP contribution < -0.4 is 0 Å². The first-order valence-electron chi connectivity index (χ1n) is 2.41. The van der Waals surface area contributed by atoms with Gasteiger partial charge in [-0.2, -0.15) is 0 Å². The molecule has 0 spiro atoms. The van der Waals surface area contributed by atoms with E-state index in [1.54, 1.807) is 0 Å². The van der Waals surface area contributed by atoms with Crippen LogP contribution in [-0.2, 0) is 0 Å². The minimum atomic E-state index is 1.34. The summed E-state index contributed by atoms with van der Waals surface area (Å²) < 4.78 is 0. The van der Waals surface area contributed by atoms with E-state index in [-0.39, 0.29) is 0 Å². The summed E-state index contributed by atoms with van der Waals surface area (Å²) >= 11 is 2.21. The Bertz CT molecular complexity index is 11.1. The second-order valence-electron chi connectivity index (χ2n) is 1.35. The van der Waals surface area contributed by atoms with E-state index in [1.807, 2.05) is 0 Å². The SMILES string of the molecule is [16Li][CH2]CCC. The molecule has 26 valence electrons. The maximum atomic E-state index is 2.21. The van der Waals surface area contributed by atoms with Crippen LogP contribution in [0.1, 0.15) is 19.8 Å². The molecular formula is C4H9Li. The zero-order valence-electron chi connectivity index (χ0n) is 4.12. The van der Waals surface area contributed by atoms with E-state index in [0.29, 0.717) is 0 Å². The standard InChI is InChI=1S/C4H9.Li/c1-3-4-2;/h1,3-4H2,2H3;/i;1+9. The van der Waals surface area contributed by atoms with Crippen molar-refractivity contribution in [2.45, 2.75) is 24.9 Å². The van der Waals surface area contributed by atoms with Gasteiger partial charge in [0.25, 0.3) is 0 Å². The molecule has 0 N–H and O–H groups in total. The summed E-state index contributed by atoms with van der Waals surface area (Å²) in [5.41, 5.74) is 0. The van der Waals surface area contributed by atoms with E-state index >= 15 is 0 Å². The molecule has 1 heteroatoms. The van der Waals surface area contributed by atoms with Gasteiger partial charge in [-0.25, -0.2) is 0 Å². The van der Waals surface area contributed by atoms with Gasteiger partial charge < -0.3 is 0 Å². The van der Waals surface area contributed by atoms with Crippen LogP contribution in [0.25, 0.3) is 0 Å². The van der Waals surface area contributed by atoms with E-state index in [0.717, 1.165) is 0 Å². The third-order valence-corrected chi connectivity index (χ3v) is 0.707. The molecule has 0 aromatic rings. The molecule has 0 saturated heterocycles. The van der Waals surface area contributed by atoms with Gasteiger partial charge in [0.1, 0.15) is 0 Å². The molecule has 0 bridgehead atoms. The van der Waals surface area contributed by atoms with E-state index in [4.69, 9.17) is 0 Å². The van der Waals surface area contributed by atoms with Crippen molar-refractivity contribution >= 4 is 17.7 Å². The molecule has 0 atom stereocenters. The Balaban J connectivity index is 2.19. The Morgan fingerprint density at radius 1 is 1.60 bits per heavy atom. The van der Waals surface area contributed by atoms with E-state index in [2.05, 4.69) is 24.6 Å². The summed E-state index contributed by atoms with van der Waals surface area (Å²) in [5.74, 6) is 0. The summed E-state index contributed by atoms with van der Waals surface area (Å²) in [4.78, 5) is 0. The Hall–Kier alpha value is 0.597. The molecule has 0 aliphatic heterocycles. The maximum absolute atomic E-state index is 2.21. The van der Waals surface area contributed by atoms with Gasteiger partial charge >= 0.3 is 42.6 Å². The third kappa shape index (κ3) is 4.60. The normalized spacial score (nSPS) is 8.60. The zero-order chi connectivity index (χ0) is 4.12. The van der Waals surface area contributed by atoms with Crippen molar-refractivity contribution < 1.29 is 0 Å². The van der Waals surface area contributed by atoms with Crippen molar-refractivity contribution in [3.05, 3.63) is 0 Å². The molecule has 0 unspecified atom stereocenters. The van der Waals surface area contributed by atoms with Gasteiger partial charge in [-0.1, -0.05) is 0 Å². The van der Waals surface area contributed by atoms with Gasteiger partial charge in [-0.15, -0.1) is 0 Å². The second-order valence-corrected chi connectivity index (χ2v) is 1.35. The van der Waals surface area contributed by atoms with Crippen LogP contribution >= 0.6 is 0 Å². The topological polar surface area (TPSA) is 0 Å². The molecule has 0 nitrogen and oxygen atoms in total. The summed E-state index contributed by atoms with van der Waals surface area (Å²) in [5, 5.41) is 1.34.